The van der Waals surface area contributed by atoms with E-state index in [2.05, 4.69) is 21.4 Å². The van der Waals surface area contributed by atoms with Crippen molar-refractivity contribution < 1.29 is 4.79 Å². The highest BCUT2D eigenvalue weighted by molar-refractivity contribution is 6.31. The van der Waals surface area contributed by atoms with Gasteiger partial charge in [0.2, 0.25) is 5.95 Å². The molecule has 27 heavy (non-hydrogen) atoms. The van der Waals surface area contributed by atoms with E-state index < -0.39 is 0 Å². The van der Waals surface area contributed by atoms with Gasteiger partial charge in [-0.15, -0.1) is 0 Å². The van der Waals surface area contributed by atoms with Gasteiger partial charge in [-0.05, 0) is 56.2 Å². The number of halogens is 1. The third-order valence-electron chi connectivity index (χ3n) is 4.29. The SMILES string of the molecule is CCN(c1cccc(C)c1)c1ncc(C(=O)Nc2cccc(Cl)c2C)cn1. The first-order valence-corrected chi connectivity index (χ1v) is 9.10. The van der Waals surface area contributed by atoms with Gasteiger partial charge < -0.3 is 10.2 Å². The van der Waals surface area contributed by atoms with E-state index in [0.29, 0.717) is 22.2 Å². The smallest absolute Gasteiger partial charge is 0.258 e. The van der Waals surface area contributed by atoms with Gasteiger partial charge in [0.25, 0.3) is 5.91 Å². The molecule has 0 unspecified atom stereocenters. The summed E-state index contributed by atoms with van der Waals surface area (Å²) < 4.78 is 0. The lowest BCUT2D eigenvalue weighted by Gasteiger charge is -2.21. The molecule has 2 aromatic carbocycles. The third-order valence-corrected chi connectivity index (χ3v) is 4.70. The van der Waals surface area contributed by atoms with Crippen LogP contribution in [0.5, 0.6) is 0 Å². The van der Waals surface area contributed by atoms with Crippen molar-refractivity contribution in [1.29, 1.82) is 0 Å². The maximum Gasteiger partial charge on any atom is 0.258 e. The summed E-state index contributed by atoms with van der Waals surface area (Å²) in [6.45, 7) is 6.66. The van der Waals surface area contributed by atoms with Gasteiger partial charge in [0.05, 0.1) is 5.56 Å². The summed E-state index contributed by atoms with van der Waals surface area (Å²) in [5.74, 6) is 0.282. The molecule has 138 valence electrons. The summed E-state index contributed by atoms with van der Waals surface area (Å²) in [7, 11) is 0. The van der Waals surface area contributed by atoms with E-state index in [9.17, 15) is 4.79 Å². The molecule has 6 heteroatoms. The van der Waals surface area contributed by atoms with Gasteiger partial charge in [-0.25, -0.2) is 9.97 Å². The maximum absolute atomic E-state index is 12.5. The monoisotopic (exact) mass is 380 g/mol. The Morgan fingerprint density at radius 3 is 2.48 bits per heavy atom. The van der Waals surface area contributed by atoms with Gasteiger partial charge in [-0.2, -0.15) is 0 Å². The lowest BCUT2D eigenvalue weighted by molar-refractivity contribution is 0.102. The molecule has 1 N–H and O–H groups in total. The fourth-order valence-corrected chi connectivity index (χ4v) is 2.93. The number of hydrogen-bond acceptors (Lipinski definition) is 4. The van der Waals surface area contributed by atoms with Crippen molar-refractivity contribution in [1.82, 2.24) is 9.97 Å². The van der Waals surface area contributed by atoms with Crippen LogP contribution in [0.4, 0.5) is 17.3 Å². The zero-order valence-corrected chi connectivity index (χ0v) is 16.3. The quantitative estimate of drug-likeness (QED) is 0.664. The van der Waals surface area contributed by atoms with E-state index in [0.717, 1.165) is 17.8 Å². The van der Waals surface area contributed by atoms with Crippen molar-refractivity contribution in [2.24, 2.45) is 0 Å². The highest BCUT2D eigenvalue weighted by Crippen LogP contribution is 2.24. The zero-order valence-electron chi connectivity index (χ0n) is 15.5. The van der Waals surface area contributed by atoms with Crippen LogP contribution < -0.4 is 10.2 Å². The van der Waals surface area contributed by atoms with Crippen molar-refractivity contribution >= 4 is 34.8 Å². The molecule has 0 fully saturated rings. The van der Waals surface area contributed by atoms with Crippen molar-refractivity contribution in [3.63, 3.8) is 0 Å². The number of hydrogen-bond donors (Lipinski definition) is 1. The molecule has 0 aliphatic rings. The van der Waals surface area contributed by atoms with Crippen LogP contribution in [0.15, 0.2) is 54.9 Å². The van der Waals surface area contributed by atoms with Gasteiger partial charge in [-0.1, -0.05) is 29.8 Å². The lowest BCUT2D eigenvalue weighted by Crippen LogP contribution is -2.20. The molecular formula is C21H21ClN4O. The molecular weight excluding hydrogens is 360 g/mol. The van der Waals surface area contributed by atoms with Crippen LogP contribution in [-0.2, 0) is 0 Å². The van der Waals surface area contributed by atoms with Crippen LogP contribution in [0.25, 0.3) is 0 Å². The fraction of sp³-hybridized carbons (Fsp3) is 0.190. The molecule has 0 saturated heterocycles. The van der Waals surface area contributed by atoms with Gasteiger partial charge in [0.1, 0.15) is 0 Å². The lowest BCUT2D eigenvalue weighted by atomic mass is 10.2. The Kier molecular flexibility index (Phi) is 5.72. The fourth-order valence-electron chi connectivity index (χ4n) is 2.75. The molecule has 0 radical (unpaired) electrons. The van der Waals surface area contributed by atoms with Crippen molar-refractivity contribution in [3.05, 3.63) is 76.6 Å². The van der Waals surface area contributed by atoms with Gasteiger partial charge >= 0.3 is 0 Å². The first-order chi connectivity index (χ1) is 13.0. The molecule has 5 nitrogen and oxygen atoms in total. The van der Waals surface area contributed by atoms with Crippen molar-refractivity contribution in [2.45, 2.75) is 20.8 Å². The van der Waals surface area contributed by atoms with Crippen LogP contribution in [0, 0.1) is 13.8 Å². The summed E-state index contributed by atoms with van der Waals surface area (Å²) in [5.41, 5.74) is 4.06. The highest BCUT2D eigenvalue weighted by Gasteiger charge is 2.14. The van der Waals surface area contributed by atoms with E-state index >= 15 is 0 Å². The average molecular weight is 381 g/mol. The number of carbonyl (C=O) groups is 1. The Bertz CT molecular complexity index is 957. The van der Waals surface area contributed by atoms with E-state index in [1.807, 2.05) is 49.9 Å². The number of rotatable bonds is 5. The van der Waals surface area contributed by atoms with Crippen molar-refractivity contribution in [2.75, 3.05) is 16.8 Å². The highest BCUT2D eigenvalue weighted by atomic mass is 35.5. The number of carbonyl (C=O) groups excluding carboxylic acids is 1. The largest absolute Gasteiger partial charge is 0.322 e. The van der Waals surface area contributed by atoms with Crippen LogP contribution in [0.2, 0.25) is 5.02 Å². The number of aromatic nitrogens is 2. The van der Waals surface area contributed by atoms with Crippen molar-refractivity contribution in [3.8, 4) is 0 Å². The molecule has 0 aliphatic carbocycles. The Hall–Kier alpha value is -2.92. The van der Waals surface area contributed by atoms with E-state index in [1.165, 1.54) is 18.0 Å². The summed E-state index contributed by atoms with van der Waals surface area (Å²) in [6, 6.07) is 13.5. The first-order valence-electron chi connectivity index (χ1n) is 8.72. The number of aryl methyl sites for hydroxylation is 1. The van der Waals surface area contributed by atoms with Gasteiger partial charge in [0, 0.05) is 35.3 Å². The molecule has 3 rings (SSSR count). The molecule has 1 aromatic heterocycles. The van der Waals surface area contributed by atoms with E-state index in [4.69, 9.17) is 11.6 Å². The Morgan fingerprint density at radius 1 is 1.11 bits per heavy atom. The minimum atomic E-state index is -0.273. The van der Waals surface area contributed by atoms with Crippen LogP contribution >= 0.6 is 11.6 Å². The van der Waals surface area contributed by atoms with Gasteiger partial charge in [-0.3, -0.25) is 4.79 Å². The van der Waals surface area contributed by atoms with Crippen LogP contribution in [0.3, 0.4) is 0 Å². The second-order valence-electron chi connectivity index (χ2n) is 6.22. The summed E-state index contributed by atoms with van der Waals surface area (Å²) in [4.78, 5) is 23.3. The molecule has 3 aromatic rings. The second kappa shape index (κ2) is 8.18. The van der Waals surface area contributed by atoms with Gasteiger partial charge in [0.15, 0.2) is 0 Å². The molecule has 0 aliphatic heterocycles. The normalized spacial score (nSPS) is 10.5. The Balaban J connectivity index is 1.80. The van der Waals surface area contributed by atoms with Crippen LogP contribution in [-0.4, -0.2) is 22.4 Å². The third kappa shape index (κ3) is 4.26. The number of anilines is 3. The predicted octanol–water partition coefficient (Wildman–Crippen LogP) is 5.16. The predicted molar refractivity (Wildman–Crippen MR) is 110 cm³/mol. The topological polar surface area (TPSA) is 58.1 Å². The second-order valence-corrected chi connectivity index (χ2v) is 6.63. The summed E-state index contributed by atoms with van der Waals surface area (Å²) >= 11 is 6.10. The molecule has 1 amide bonds. The molecule has 0 atom stereocenters. The standard InChI is InChI=1S/C21H21ClN4O/c1-4-26(17-8-5-7-14(2)11-17)21-23-12-16(13-24-21)20(27)25-19-10-6-9-18(22)15(19)3/h5-13H,4H2,1-3H3,(H,25,27). The number of amides is 1. The summed E-state index contributed by atoms with van der Waals surface area (Å²) in [6.07, 6.45) is 3.08. The average Bonchev–Trinajstić information content (AvgIpc) is 2.67. The molecule has 0 spiro atoms. The van der Waals surface area contributed by atoms with E-state index in [-0.39, 0.29) is 5.91 Å². The number of nitrogens with zero attached hydrogens (tertiary/aromatic N) is 3. The number of nitrogens with one attached hydrogen (secondary N) is 1. The molecule has 1 heterocycles. The summed E-state index contributed by atoms with van der Waals surface area (Å²) in [5, 5.41) is 3.46. The number of benzene rings is 2. The minimum absolute atomic E-state index is 0.273. The first kappa shape index (κ1) is 18.9. The molecule has 0 saturated carbocycles. The zero-order chi connectivity index (χ0) is 19.4. The molecule has 0 bridgehead atoms. The Morgan fingerprint density at radius 2 is 1.81 bits per heavy atom. The van der Waals surface area contributed by atoms with Crippen LogP contribution in [0.1, 0.15) is 28.4 Å². The minimum Gasteiger partial charge on any atom is -0.322 e. The van der Waals surface area contributed by atoms with E-state index in [1.54, 1.807) is 12.1 Å². The Labute approximate surface area is 164 Å². The maximum atomic E-state index is 12.5.